The fourth-order valence-corrected chi connectivity index (χ4v) is 1.27. The van der Waals surface area contributed by atoms with Crippen LogP contribution in [0, 0.1) is 0 Å². The van der Waals surface area contributed by atoms with Crippen molar-refractivity contribution in [1.29, 1.82) is 0 Å². The maximum Gasteiger partial charge on any atom is 0.252 e. The zero-order chi connectivity index (χ0) is 10.6. The molecule has 80 valence electrons. The molecular weight excluding hydrogens is 188 g/mol. The highest BCUT2D eigenvalue weighted by atomic mass is 16.5. The van der Waals surface area contributed by atoms with Gasteiger partial charge in [0, 0.05) is 13.1 Å². The lowest BCUT2D eigenvalue weighted by Crippen LogP contribution is -2.46. The van der Waals surface area contributed by atoms with Crippen LogP contribution in [0.1, 0.15) is 6.42 Å². The van der Waals surface area contributed by atoms with Crippen molar-refractivity contribution in [2.24, 2.45) is 5.73 Å². The van der Waals surface area contributed by atoms with Crippen molar-refractivity contribution in [3.63, 3.8) is 0 Å². The van der Waals surface area contributed by atoms with Crippen LogP contribution < -0.4 is 5.73 Å². The fourth-order valence-electron chi connectivity index (χ4n) is 1.27. The standard InChI is InChI=1S/C8H14N2O4/c9-7(12)5-6(11)8(13)10-1-3-14-4-2-10/h6,11H,1-5H2,(H2,9,12). The number of hydrogen-bond donors (Lipinski definition) is 2. The van der Waals surface area contributed by atoms with Gasteiger partial charge in [-0.2, -0.15) is 0 Å². The molecule has 0 spiro atoms. The molecule has 0 bridgehead atoms. The van der Waals surface area contributed by atoms with E-state index in [1.807, 2.05) is 0 Å². The summed E-state index contributed by atoms with van der Waals surface area (Å²) in [5.41, 5.74) is 4.87. The van der Waals surface area contributed by atoms with Gasteiger partial charge >= 0.3 is 0 Å². The van der Waals surface area contributed by atoms with E-state index in [1.54, 1.807) is 0 Å². The van der Waals surface area contributed by atoms with Crippen LogP contribution in [0.5, 0.6) is 0 Å². The molecule has 3 N–H and O–H groups in total. The van der Waals surface area contributed by atoms with Gasteiger partial charge in [0.2, 0.25) is 5.91 Å². The van der Waals surface area contributed by atoms with Gasteiger partial charge in [0.25, 0.3) is 5.91 Å². The Kier molecular flexibility index (Phi) is 3.84. The molecule has 1 unspecified atom stereocenters. The van der Waals surface area contributed by atoms with Crippen LogP contribution in [-0.4, -0.2) is 54.2 Å². The molecule has 14 heavy (non-hydrogen) atoms. The predicted molar refractivity (Wildman–Crippen MR) is 47.2 cm³/mol. The summed E-state index contributed by atoms with van der Waals surface area (Å²) in [5.74, 6) is -1.13. The number of carbonyl (C=O) groups is 2. The number of aliphatic hydroxyl groups excluding tert-OH is 1. The van der Waals surface area contributed by atoms with Crippen LogP contribution in [0.25, 0.3) is 0 Å². The van der Waals surface area contributed by atoms with Crippen molar-refractivity contribution >= 4 is 11.8 Å². The molecule has 6 nitrogen and oxygen atoms in total. The number of morpholine rings is 1. The summed E-state index contributed by atoms with van der Waals surface area (Å²) < 4.78 is 5.04. The first-order valence-electron chi connectivity index (χ1n) is 4.44. The Labute approximate surface area is 81.6 Å². The number of primary amides is 1. The van der Waals surface area contributed by atoms with Crippen molar-refractivity contribution in [2.45, 2.75) is 12.5 Å². The molecule has 1 aliphatic rings. The SMILES string of the molecule is NC(=O)CC(O)C(=O)N1CCOCC1. The Morgan fingerprint density at radius 3 is 2.50 bits per heavy atom. The van der Waals surface area contributed by atoms with Crippen LogP contribution >= 0.6 is 0 Å². The van der Waals surface area contributed by atoms with Crippen molar-refractivity contribution in [2.75, 3.05) is 26.3 Å². The Morgan fingerprint density at radius 1 is 1.43 bits per heavy atom. The molecule has 1 aliphatic heterocycles. The zero-order valence-electron chi connectivity index (χ0n) is 7.81. The molecule has 1 atom stereocenters. The number of ether oxygens (including phenoxy) is 1. The summed E-state index contributed by atoms with van der Waals surface area (Å²) in [7, 11) is 0. The quantitative estimate of drug-likeness (QED) is 0.558. The number of rotatable bonds is 3. The highest BCUT2D eigenvalue weighted by Gasteiger charge is 2.24. The molecule has 0 aliphatic carbocycles. The van der Waals surface area contributed by atoms with Gasteiger partial charge in [0.05, 0.1) is 19.6 Å². The number of amides is 2. The number of hydrogen-bond acceptors (Lipinski definition) is 4. The third kappa shape index (κ3) is 2.97. The number of aliphatic hydroxyl groups is 1. The summed E-state index contributed by atoms with van der Waals surface area (Å²) in [6.45, 7) is 1.84. The van der Waals surface area contributed by atoms with Crippen molar-refractivity contribution in [3.05, 3.63) is 0 Å². The third-order valence-corrected chi connectivity index (χ3v) is 2.00. The van der Waals surface area contributed by atoms with E-state index in [4.69, 9.17) is 10.5 Å². The molecule has 1 heterocycles. The lowest BCUT2D eigenvalue weighted by molar-refractivity contribution is -0.146. The maximum absolute atomic E-state index is 11.4. The number of nitrogens with zero attached hydrogens (tertiary/aromatic N) is 1. The minimum atomic E-state index is -1.31. The van der Waals surface area contributed by atoms with E-state index < -0.39 is 17.9 Å². The summed E-state index contributed by atoms with van der Waals surface area (Å²) >= 11 is 0. The molecule has 1 saturated heterocycles. The lowest BCUT2D eigenvalue weighted by Gasteiger charge is -2.28. The van der Waals surface area contributed by atoms with E-state index in [0.717, 1.165) is 0 Å². The van der Waals surface area contributed by atoms with Crippen LogP contribution in [0.3, 0.4) is 0 Å². The molecule has 0 aromatic heterocycles. The Balaban J connectivity index is 2.42. The first-order chi connectivity index (χ1) is 6.61. The molecule has 0 aromatic rings. The zero-order valence-corrected chi connectivity index (χ0v) is 7.81. The molecule has 1 rings (SSSR count). The first kappa shape index (κ1) is 10.9. The first-order valence-corrected chi connectivity index (χ1v) is 4.44. The monoisotopic (exact) mass is 202 g/mol. The second kappa shape index (κ2) is 4.92. The van der Waals surface area contributed by atoms with Gasteiger partial charge in [-0.3, -0.25) is 9.59 Å². The second-order valence-corrected chi connectivity index (χ2v) is 3.12. The normalized spacial score (nSPS) is 19.1. The molecular formula is C8H14N2O4. The Bertz CT molecular complexity index is 225. The van der Waals surface area contributed by atoms with Crippen LogP contribution in [-0.2, 0) is 14.3 Å². The number of carbonyl (C=O) groups excluding carboxylic acids is 2. The highest BCUT2D eigenvalue weighted by molar-refractivity contribution is 5.86. The van der Waals surface area contributed by atoms with E-state index in [0.29, 0.717) is 26.3 Å². The maximum atomic E-state index is 11.4. The summed E-state index contributed by atoms with van der Waals surface area (Å²) in [4.78, 5) is 23.4. The molecule has 2 amide bonds. The summed E-state index contributed by atoms with van der Waals surface area (Å²) in [6.07, 6.45) is -1.64. The van der Waals surface area contributed by atoms with Gasteiger partial charge in [-0.25, -0.2) is 0 Å². The molecule has 1 fully saturated rings. The topological polar surface area (TPSA) is 92.9 Å². The third-order valence-electron chi connectivity index (χ3n) is 2.00. The van der Waals surface area contributed by atoms with Gasteiger partial charge in [-0.15, -0.1) is 0 Å². The molecule has 0 radical (unpaired) electrons. The van der Waals surface area contributed by atoms with Gasteiger partial charge in [-0.1, -0.05) is 0 Å². The Morgan fingerprint density at radius 2 is 2.00 bits per heavy atom. The van der Waals surface area contributed by atoms with E-state index in [-0.39, 0.29) is 6.42 Å². The van der Waals surface area contributed by atoms with Crippen molar-refractivity contribution in [1.82, 2.24) is 4.90 Å². The average molecular weight is 202 g/mol. The van der Waals surface area contributed by atoms with Crippen molar-refractivity contribution in [3.8, 4) is 0 Å². The average Bonchev–Trinajstić information content (AvgIpc) is 2.17. The predicted octanol–water partition coefficient (Wildman–Crippen LogP) is -1.92. The van der Waals surface area contributed by atoms with Gasteiger partial charge in [0.15, 0.2) is 0 Å². The smallest absolute Gasteiger partial charge is 0.252 e. The molecule has 0 aromatic carbocycles. The largest absolute Gasteiger partial charge is 0.383 e. The second-order valence-electron chi connectivity index (χ2n) is 3.12. The van der Waals surface area contributed by atoms with Gasteiger partial charge in [0.1, 0.15) is 6.10 Å². The molecule has 6 heteroatoms. The van der Waals surface area contributed by atoms with E-state index in [9.17, 15) is 14.7 Å². The van der Waals surface area contributed by atoms with E-state index >= 15 is 0 Å². The van der Waals surface area contributed by atoms with E-state index in [2.05, 4.69) is 0 Å². The van der Waals surface area contributed by atoms with Crippen LogP contribution in [0.4, 0.5) is 0 Å². The minimum Gasteiger partial charge on any atom is -0.383 e. The minimum absolute atomic E-state index is 0.323. The lowest BCUT2D eigenvalue weighted by atomic mass is 10.2. The summed E-state index contributed by atoms with van der Waals surface area (Å²) in [5, 5.41) is 9.31. The highest BCUT2D eigenvalue weighted by Crippen LogP contribution is 2.02. The molecule has 0 saturated carbocycles. The van der Waals surface area contributed by atoms with Crippen LogP contribution in [0.2, 0.25) is 0 Å². The van der Waals surface area contributed by atoms with Crippen molar-refractivity contribution < 1.29 is 19.4 Å². The van der Waals surface area contributed by atoms with Crippen LogP contribution in [0.15, 0.2) is 0 Å². The van der Waals surface area contributed by atoms with Gasteiger partial charge in [-0.05, 0) is 0 Å². The number of nitrogens with two attached hydrogens (primary N) is 1. The summed E-state index contributed by atoms with van der Waals surface area (Å²) in [6, 6.07) is 0. The van der Waals surface area contributed by atoms with E-state index in [1.165, 1.54) is 4.90 Å². The van der Waals surface area contributed by atoms with Gasteiger partial charge < -0.3 is 20.5 Å². The fraction of sp³-hybridized carbons (Fsp3) is 0.750. The Hall–Kier alpha value is -1.14.